The Hall–Kier alpha value is -1.48. The summed E-state index contributed by atoms with van der Waals surface area (Å²) in [5, 5.41) is 0. The fourth-order valence-corrected chi connectivity index (χ4v) is 1.64. The topological polar surface area (TPSA) is 43.1 Å². The highest BCUT2D eigenvalue weighted by molar-refractivity contribution is 7.81. The van der Waals surface area contributed by atoms with Gasteiger partial charge in [-0.05, 0) is 6.08 Å². The van der Waals surface area contributed by atoms with Gasteiger partial charge in [-0.1, -0.05) is 36.5 Å². The number of benzene rings is 1. The second-order valence-electron chi connectivity index (χ2n) is 2.84. The monoisotopic (exact) mass is 189 g/mol. The molecule has 0 fully saturated rings. The summed E-state index contributed by atoms with van der Waals surface area (Å²) >= 11 is 5.08. The third-order valence-corrected chi connectivity index (χ3v) is 2.32. The summed E-state index contributed by atoms with van der Waals surface area (Å²) in [5.74, 6) is -0.135. The van der Waals surface area contributed by atoms with E-state index in [0.717, 1.165) is 5.56 Å². The summed E-state index contributed by atoms with van der Waals surface area (Å²) in [4.78, 5) is 12.1. The molecule has 0 aromatic heterocycles. The molecule has 2 rings (SSSR count). The van der Waals surface area contributed by atoms with Crippen LogP contribution in [0.3, 0.4) is 0 Å². The van der Waals surface area contributed by atoms with Crippen molar-refractivity contribution in [1.82, 2.24) is 0 Å². The van der Waals surface area contributed by atoms with Crippen LogP contribution in [0.2, 0.25) is 0 Å². The van der Waals surface area contributed by atoms with E-state index in [4.69, 9.17) is 18.0 Å². The van der Waals surface area contributed by atoms with Crippen LogP contribution in [0.1, 0.15) is 15.9 Å². The number of ketones is 1. The van der Waals surface area contributed by atoms with Crippen LogP contribution in [-0.4, -0.2) is 10.6 Å². The summed E-state index contributed by atoms with van der Waals surface area (Å²) in [7, 11) is 0. The van der Waals surface area contributed by atoms with Crippen LogP contribution in [0.15, 0.2) is 36.0 Å². The van der Waals surface area contributed by atoms with Gasteiger partial charge in [0.15, 0.2) is 0 Å². The van der Waals surface area contributed by atoms with E-state index in [2.05, 4.69) is 0 Å². The van der Waals surface area contributed by atoms with E-state index < -0.39 is 0 Å². The molecule has 1 aromatic carbocycles. The smallest absolute Gasteiger partial charge is 0.209 e. The zero-order chi connectivity index (χ0) is 9.42. The molecule has 0 spiro atoms. The molecule has 0 atom stereocenters. The van der Waals surface area contributed by atoms with Gasteiger partial charge in [0.2, 0.25) is 5.78 Å². The predicted octanol–water partition coefficient (Wildman–Crippen LogP) is 1.44. The number of nitrogens with two attached hydrogens (primary N) is 1. The molecular weight excluding hydrogens is 182 g/mol. The van der Waals surface area contributed by atoms with Gasteiger partial charge in [-0.25, -0.2) is 0 Å². The summed E-state index contributed by atoms with van der Waals surface area (Å²) < 4.78 is 0. The van der Waals surface area contributed by atoms with Crippen LogP contribution in [0, 0.1) is 0 Å². The fraction of sp³-hybridized carbons (Fsp3) is 0. The lowest BCUT2D eigenvalue weighted by atomic mass is 9.94. The van der Waals surface area contributed by atoms with Gasteiger partial charge in [0.1, 0.15) is 0 Å². The second kappa shape index (κ2) is 2.78. The Balaban J connectivity index is 2.69. The van der Waals surface area contributed by atoms with Gasteiger partial charge >= 0.3 is 0 Å². The Kier molecular flexibility index (Phi) is 1.74. The minimum absolute atomic E-state index is 0.135. The molecule has 0 aliphatic heterocycles. The lowest BCUT2D eigenvalue weighted by molar-refractivity contribution is 0.103. The third-order valence-electron chi connectivity index (χ3n) is 1.99. The number of allylic oxidation sites excluding steroid dienone is 2. The van der Waals surface area contributed by atoms with Crippen molar-refractivity contribution in [2.75, 3.05) is 0 Å². The van der Waals surface area contributed by atoms with E-state index in [9.17, 15) is 4.79 Å². The van der Waals surface area contributed by atoms with Crippen molar-refractivity contribution in [2.45, 2.75) is 0 Å². The van der Waals surface area contributed by atoms with Crippen molar-refractivity contribution in [3.05, 3.63) is 47.2 Å². The van der Waals surface area contributed by atoms with Crippen molar-refractivity contribution in [3.63, 3.8) is 0 Å². The maximum atomic E-state index is 11.5. The molecule has 2 N–H and O–H groups in total. The first-order valence-electron chi connectivity index (χ1n) is 3.85. The van der Waals surface area contributed by atoms with Crippen LogP contribution in [-0.2, 0) is 0 Å². The zero-order valence-corrected chi connectivity index (χ0v) is 7.60. The van der Waals surface area contributed by atoms with E-state index in [1.165, 1.54) is 0 Å². The van der Waals surface area contributed by atoms with Gasteiger partial charge < -0.3 is 5.73 Å². The molecule has 1 aliphatic carbocycles. The average molecular weight is 189 g/mol. The second-order valence-corrected chi connectivity index (χ2v) is 3.28. The maximum absolute atomic E-state index is 11.5. The highest BCUT2D eigenvalue weighted by Crippen LogP contribution is 2.18. The van der Waals surface area contributed by atoms with E-state index in [-0.39, 0.29) is 11.5 Å². The molecule has 3 heteroatoms. The Morgan fingerprint density at radius 3 is 2.46 bits per heavy atom. The maximum Gasteiger partial charge on any atom is 0.209 e. The Labute approximate surface area is 81.1 Å². The minimum Gasteiger partial charge on any atom is -0.396 e. The summed E-state index contributed by atoms with van der Waals surface area (Å²) in [6.07, 6.45) is 1.54. The number of Topliss-reactive ketones (excluding diaryl/α,β-unsaturated/α-hetero) is 1. The van der Waals surface area contributed by atoms with Crippen LogP contribution < -0.4 is 5.73 Å². The largest absolute Gasteiger partial charge is 0.396 e. The van der Waals surface area contributed by atoms with Gasteiger partial charge in [-0.15, -0.1) is 0 Å². The molecule has 1 aliphatic rings. The molecule has 64 valence electrons. The number of carbonyl (C=O) groups excluding carboxylic acids is 1. The standard InChI is InChI=1S/C10H7NOS/c11-8-5-9(13)6-3-1-2-4-7(6)10(8)12/h1-5H,11H2. The molecule has 0 saturated heterocycles. The first-order valence-corrected chi connectivity index (χ1v) is 4.26. The summed E-state index contributed by atoms with van der Waals surface area (Å²) in [5.41, 5.74) is 7.14. The highest BCUT2D eigenvalue weighted by Gasteiger charge is 2.20. The fourth-order valence-electron chi connectivity index (χ4n) is 1.34. The normalized spacial score (nSPS) is 15.2. The molecule has 0 saturated carbocycles. The van der Waals surface area contributed by atoms with Crippen molar-refractivity contribution in [1.29, 1.82) is 0 Å². The SMILES string of the molecule is NC1=CC(=S)c2ccccc2C1=O. The molecule has 0 unspecified atom stereocenters. The predicted molar refractivity (Wildman–Crippen MR) is 54.7 cm³/mol. The Morgan fingerprint density at radius 1 is 1.15 bits per heavy atom. The number of thiocarbonyl (C=S) groups is 1. The Bertz CT molecular complexity index is 434. The van der Waals surface area contributed by atoms with Gasteiger partial charge in [0.05, 0.1) is 5.70 Å². The number of carbonyl (C=O) groups is 1. The van der Waals surface area contributed by atoms with Gasteiger partial charge in [0, 0.05) is 16.0 Å². The number of fused-ring (bicyclic) bond motifs is 1. The lowest BCUT2D eigenvalue weighted by Gasteiger charge is -2.12. The average Bonchev–Trinajstić information content (AvgIpc) is 2.15. The van der Waals surface area contributed by atoms with Crippen molar-refractivity contribution < 1.29 is 4.79 Å². The number of rotatable bonds is 0. The molecule has 1 aromatic rings. The van der Waals surface area contributed by atoms with E-state index in [1.807, 2.05) is 12.1 Å². The molecule has 0 bridgehead atoms. The zero-order valence-electron chi connectivity index (χ0n) is 6.78. The van der Waals surface area contributed by atoms with E-state index in [0.29, 0.717) is 10.4 Å². The highest BCUT2D eigenvalue weighted by atomic mass is 32.1. The van der Waals surface area contributed by atoms with Gasteiger partial charge in [0.25, 0.3) is 0 Å². The van der Waals surface area contributed by atoms with Crippen LogP contribution in [0.25, 0.3) is 0 Å². The van der Waals surface area contributed by atoms with Crippen LogP contribution >= 0.6 is 12.2 Å². The number of hydrogen-bond acceptors (Lipinski definition) is 3. The Morgan fingerprint density at radius 2 is 1.77 bits per heavy atom. The van der Waals surface area contributed by atoms with Crippen LogP contribution in [0.5, 0.6) is 0 Å². The third kappa shape index (κ3) is 1.17. The first-order chi connectivity index (χ1) is 6.20. The molecule has 0 heterocycles. The van der Waals surface area contributed by atoms with Crippen LogP contribution in [0.4, 0.5) is 0 Å². The molecule has 0 radical (unpaired) electrons. The summed E-state index contributed by atoms with van der Waals surface area (Å²) in [6, 6.07) is 7.23. The van der Waals surface area contributed by atoms with Crippen molar-refractivity contribution in [2.24, 2.45) is 5.73 Å². The van der Waals surface area contributed by atoms with Gasteiger partial charge in [-0.2, -0.15) is 0 Å². The minimum atomic E-state index is -0.135. The quantitative estimate of drug-likeness (QED) is 0.628. The molecule has 13 heavy (non-hydrogen) atoms. The van der Waals surface area contributed by atoms with E-state index >= 15 is 0 Å². The summed E-state index contributed by atoms with van der Waals surface area (Å²) in [6.45, 7) is 0. The van der Waals surface area contributed by atoms with Crippen molar-refractivity contribution in [3.8, 4) is 0 Å². The van der Waals surface area contributed by atoms with Gasteiger partial charge in [-0.3, -0.25) is 4.79 Å². The lowest BCUT2D eigenvalue weighted by Crippen LogP contribution is -2.20. The van der Waals surface area contributed by atoms with E-state index in [1.54, 1.807) is 18.2 Å². The molecule has 0 amide bonds. The van der Waals surface area contributed by atoms with Crippen molar-refractivity contribution >= 4 is 22.9 Å². The number of hydrogen-bond donors (Lipinski definition) is 1. The molecular formula is C10H7NOS. The molecule has 2 nitrogen and oxygen atoms in total. The first kappa shape index (κ1) is 8.13.